The predicted molar refractivity (Wildman–Crippen MR) is 75.7 cm³/mol. The van der Waals surface area contributed by atoms with Gasteiger partial charge in [0.05, 0.1) is 17.4 Å². The predicted octanol–water partition coefficient (Wildman–Crippen LogP) is 2.09. The molecular weight excluding hydrogens is 252 g/mol. The van der Waals surface area contributed by atoms with E-state index in [1.54, 1.807) is 12.3 Å². The summed E-state index contributed by atoms with van der Waals surface area (Å²) in [6, 6.07) is 9.40. The third-order valence-corrected chi connectivity index (χ3v) is 3.27. The van der Waals surface area contributed by atoms with E-state index in [1.807, 2.05) is 18.2 Å². The lowest BCUT2D eigenvalue weighted by Crippen LogP contribution is -2.20. The third kappa shape index (κ3) is 2.52. The molecule has 20 heavy (non-hydrogen) atoms. The van der Waals surface area contributed by atoms with E-state index in [1.165, 1.54) is 12.8 Å². The van der Waals surface area contributed by atoms with E-state index in [0.29, 0.717) is 17.2 Å². The van der Waals surface area contributed by atoms with Crippen molar-refractivity contribution in [1.29, 1.82) is 5.26 Å². The van der Waals surface area contributed by atoms with Crippen LogP contribution in [0.3, 0.4) is 0 Å². The van der Waals surface area contributed by atoms with Crippen LogP contribution in [-0.4, -0.2) is 28.3 Å². The SMILES string of the molecule is N#Cc1ccccc1Nc1nncc(N2CCCC2)n1. The first kappa shape index (κ1) is 12.4. The molecule has 0 radical (unpaired) electrons. The van der Waals surface area contributed by atoms with Gasteiger partial charge in [0, 0.05) is 13.1 Å². The van der Waals surface area contributed by atoms with Crippen LogP contribution in [0.25, 0.3) is 0 Å². The minimum atomic E-state index is 0.414. The quantitative estimate of drug-likeness (QED) is 0.916. The summed E-state index contributed by atoms with van der Waals surface area (Å²) < 4.78 is 0. The first-order valence-electron chi connectivity index (χ1n) is 6.57. The molecule has 0 aliphatic carbocycles. The van der Waals surface area contributed by atoms with Crippen molar-refractivity contribution in [3.8, 4) is 6.07 Å². The monoisotopic (exact) mass is 266 g/mol. The van der Waals surface area contributed by atoms with Gasteiger partial charge in [-0.3, -0.25) is 0 Å². The number of nitrogens with zero attached hydrogens (tertiary/aromatic N) is 5. The Morgan fingerprint density at radius 3 is 2.80 bits per heavy atom. The lowest BCUT2D eigenvalue weighted by Gasteiger charge is -2.16. The zero-order valence-electron chi connectivity index (χ0n) is 11.0. The fraction of sp³-hybridized carbons (Fsp3) is 0.286. The molecule has 2 aromatic rings. The third-order valence-electron chi connectivity index (χ3n) is 3.27. The average molecular weight is 266 g/mol. The molecule has 1 aromatic heterocycles. The molecule has 0 amide bonds. The van der Waals surface area contributed by atoms with Crippen molar-refractivity contribution in [2.75, 3.05) is 23.3 Å². The highest BCUT2D eigenvalue weighted by molar-refractivity contribution is 5.63. The van der Waals surface area contributed by atoms with E-state index in [-0.39, 0.29) is 0 Å². The van der Waals surface area contributed by atoms with Gasteiger partial charge in [-0.05, 0) is 25.0 Å². The number of nitrogens with one attached hydrogen (secondary N) is 1. The molecule has 0 bridgehead atoms. The van der Waals surface area contributed by atoms with Gasteiger partial charge in [-0.25, -0.2) is 0 Å². The number of nitriles is 1. The molecule has 0 atom stereocenters. The molecule has 3 rings (SSSR count). The summed E-state index contributed by atoms with van der Waals surface area (Å²) in [5.74, 6) is 1.24. The fourth-order valence-electron chi connectivity index (χ4n) is 2.26. The molecule has 1 aromatic carbocycles. The molecule has 6 nitrogen and oxygen atoms in total. The molecule has 6 heteroatoms. The molecule has 0 saturated carbocycles. The van der Waals surface area contributed by atoms with Crippen LogP contribution in [0.4, 0.5) is 17.5 Å². The molecule has 100 valence electrons. The van der Waals surface area contributed by atoms with E-state index >= 15 is 0 Å². The van der Waals surface area contributed by atoms with Crippen molar-refractivity contribution < 1.29 is 0 Å². The van der Waals surface area contributed by atoms with Crippen LogP contribution in [0, 0.1) is 11.3 Å². The van der Waals surface area contributed by atoms with E-state index in [9.17, 15) is 0 Å². The summed E-state index contributed by atoms with van der Waals surface area (Å²) in [6.45, 7) is 2.01. The average Bonchev–Trinajstić information content (AvgIpc) is 3.02. The number of hydrogen-bond donors (Lipinski definition) is 1. The number of rotatable bonds is 3. The number of anilines is 3. The van der Waals surface area contributed by atoms with Gasteiger partial charge in [-0.15, -0.1) is 5.10 Å². The van der Waals surface area contributed by atoms with E-state index in [0.717, 1.165) is 18.9 Å². The van der Waals surface area contributed by atoms with Crippen LogP contribution in [0.5, 0.6) is 0 Å². The highest BCUT2D eigenvalue weighted by Crippen LogP contribution is 2.20. The van der Waals surface area contributed by atoms with Gasteiger partial charge in [0.1, 0.15) is 6.07 Å². The maximum absolute atomic E-state index is 9.07. The minimum Gasteiger partial charge on any atom is -0.355 e. The number of benzene rings is 1. The maximum Gasteiger partial charge on any atom is 0.249 e. The first-order valence-corrected chi connectivity index (χ1v) is 6.57. The minimum absolute atomic E-state index is 0.414. The van der Waals surface area contributed by atoms with Crippen LogP contribution in [0.1, 0.15) is 18.4 Å². The fourth-order valence-corrected chi connectivity index (χ4v) is 2.26. The molecule has 1 N–H and O–H groups in total. The van der Waals surface area contributed by atoms with E-state index < -0.39 is 0 Å². The Morgan fingerprint density at radius 1 is 1.20 bits per heavy atom. The van der Waals surface area contributed by atoms with E-state index in [2.05, 4.69) is 31.5 Å². The molecular formula is C14H14N6. The topological polar surface area (TPSA) is 77.7 Å². The number of para-hydroxylation sites is 1. The lowest BCUT2D eigenvalue weighted by atomic mass is 10.2. The van der Waals surface area contributed by atoms with Gasteiger partial charge in [0.25, 0.3) is 0 Å². The first-order chi connectivity index (χ1) is 9.86. The smallest absolute Gasteiger partial charge is 0.249 e. The Kier molecular flexibility index (Phi) is 3.42. The number of aromatic nitrogens is 3. The van der Waals surface area contributed by atoms with Gasteiger partial charge in [-0.2, -0.15) is 15.3 Å². The molecule has 1 fully saturated rings. The summed E-state index contributed by atoms with van der Waals surface area (Å²) >= 11 is 0. The van der Waals surface area contributed by atoms with Crippen LogP contribution < -0.4 is 10.2 Å². The largest absolute Gasteiger partial charge is 0.355 e. The van der Waals surface area contributed by atoms with Crippen LogP contribution >= 0.6 is 0 Å². The summed E-state index contributed by atoms with van der Waals surface area (Å²) in [5, 5.41) is 20.1. The second-order valence-electron chi connectivity index (χ2n) is 4.61. The summed E-state index contributed by atoms with van der Waals surface area (Å²) in [5.41, 5.74) is 1.25. The number of hydrogen-bond acceptors (Lipinski definition) is 6. The van der Waals surface area contributed by atoms with Crippen molar-refractivity contribution in [2.45, 2.75) is 12.8 Å². The Hall–Kier alpha value is -2.68. The Balaban J connectivity index is 1.84. The maximum atomic E-state index is 9.07. The lowest BCUT2D eigenvalue weighted by molar-refractivity contribution is 0.890. The highest BCUT2D eigenvalue weighted by Gasteiger charge is 2.15. The Bertz CT molecular complexity index is 642. The van der Waals surface area contributed by atoms with Crippen molar-refractivity contribution >= 4 is 17.5 Å². The molecule has 1 aliphatic heterocycles. The van der Waals surface area contributed by atoms with Crippen LogP contribution in [0.2, 0.25) is 0 Å². The molecule has 0 spiro atoms. The van der Waals surface area contributed by atoms with Gasteiger partial charge in [0.2, 0.25) is 5.95 Å². The normalized spacial score (nSPS) is 14.1. The Labute approximate surface area is 117 Å². The van der Waals surface area contributed by atoms with Crippen LogP contribution in [-0.2, 0) is 0 Å². The van der Waals surface area contributed by atoms with Crippen molar-refractivity contribution in [3.05, 3.63) is 36.0 Å². The molecule has 0 unspecified atom stereocenters. The van der Waals surface area contributed by atoms with Gasteiger partial charge < -0.3 is 10.2 Å². The molecule has 1 aliphatic rings. The Morgan fingerprint density at radius 2 is 2.00 bits per heavy atom. The van der Waals surface area contributed by atoms with Crippen molar-refractivity contribution in [1.82, 2.24) is 15.2 Å². The summed E-state index contributed by atoms with van der Waals surface area (Å²) in [6.07, 6.45) is 4.04. The van der Waals surface area contributed by atoms with Gasteiger partial charge in [0.15, 0.2) is 5.82 Å². The molecule has 1 saturated heterocycles. The molecule has 2 heterocycles. The second kappa shape index (κ2) is 5.53. The van der Waals surface area contributed by atoms with Gasteiger partial charge in [-0.1, -0.05) is 12.1 Å². The summed E-state index contributed by atoms with van der Waals surface area (Å²) in [7, 11) is 0. The highest BCUT2D eigenvalue weighted by atomic mass is 15.3. The van der Waals surface area contributed by atoms with Crippen LogP contribution in [0.15, 0.2) is 30.5 Å². The summed E-state index contributed by atoms with van der Waals surface area (Å²) in [4.78, 5) is 6.65. The van der Waals surface area contributed by atoms with Gasteiger partial charge >= 0.3 is 0 Å². The van der Waals surface area contributed by atoms with Crippen molar-refractivity contribution in [3.63, 3.8) is 0 Å². The van der Waals surface area contributed by atoms with Crippen molar-refractivity contribution in [2.24, 2.45) is 0 Å². The van der Waals surface area contributed by atoms with E-state index in [4.69, 9.17) is 5.26 Å². The standard InChI is InChI=1S/C14H14N6/c15-9-11-5-1-2-6-12(11)17-14-18-13(10-16-19-14)20-7-3-4-8-20/h1-2,5-6,10H,3-4,7-8H2,(H,17,18,19). The zero-order chi connectivity index (χ0) is 13.8. The second-order valence-corrected chi connectivity index (χ2v) is 4.61. The zero-order valence-corrected chi connectivity index (χ0v) is 11.0.